The smallest absolute Gasteiger partial charge is 0.230 e. The Balaban J connectivity index is 1.58. The minimum Gasteiger partial charge on any atom is -0.351 e. The fraction of sp³-hybridized carbons (Fsp3) is 0.118. The van der Waals surface area contributed by atoms with Crippen LogP contribution in [-0.2, 0) is 11.3 Å². The number of benzene rings is 2. The molecule has 1 amide bonds. The molecule has 3 aromatic rings. The molecule has 0 aliphatic rings. The summed E-state index contributed by atoms with van der Waals surface area (Å²) in [5, 5.41) is 11.6. The van der Waals surface area contributed by atoms with Gasteiger partial charge in [0.25, 0.3) is 0 Å². The summed E-state index contributed by atoms with van der Waals surface area (Å²) in [5.41, 5.74) is 1.15. The maximum Gasteiger partial charge on any atom is 0.230 e. The number of nitrogens with zero attached hydrogens (tertiary/aromatic N) is 3. The number of amides is 1. The van der Waals surface area contributed by atoms with E-state index in [9.17, 15) is 9.18 Å². The predicted octanol–water partition coefficient (Wildman–Crippen LogP) is 2.86. The highest BCUT2D eigenvalue weighted by Crippen LogP contribution is 2.23. The maximum atomic E-state index is 13.5. The summed E-state index contributed by atoms with van der Waals surface area (Å²) in [7, 11) is 0. The number of nitrogen functional groups attached to an aromatic ring is 1. The van der Waals surface area contributed by atoms with E-state index in [1.165, 1.54) is 10.7 Å². The third kappa shape index (κ3) is 4.33. The second-order valence-corrected chi connectivity index (χ2v) is 6.72. The summed E-state index contributed by atoms with van der Waals surface area (Å²) in [4.78, 5) is 12.0. The SMILES string of the molecule is Nn1c(SCC(=O)NCc2ccccc2F)nnc1-c1cccc(Cl)c1. The van der Waals surface area contributed by atoms with Crippen LogP contribution in [-0.4, -0.2) is 26.5 Å². The van der Waals surface area contributed by atoms with Crippen molar-refractivity contribution in [2.45, 2.75) is 11.7 Å². The van der Waals surface area contributed by atoms with Crippen molar-refractivity contribution in [3.63, 3.8) is 0 Å². The predicted molar refractivity (Wildman–Crippen MR) is 99.6 cm³/mol. The zero-order chi connectivity index (χ0) is 18.5. The van der Waals surface area contributed by atoms with Crippen LogP contribution in [0.3, 0.4) is 0 Å². The van der Waals surface area contributed by atoms with Gasteiger partial charge in [-0.2, -0.15) is 0 Å². The minimum atomic E-state index is -0.353. The molecule has 3 N–H and O–H groups in total. The Morgan fingerprint density at radius 1 is 1.23 bits per heavy atom. The molecule has 0 unspecified atom stereocenters. The molecule has 1 aromatic heterocycles. The van der Waals surface area contributed by atoms with Gasteiger partial charge in [-0.3, -0.25) is 4.79 Å². The number of aromatic nitrogens is 3. The van der Waals surface area contributed by atoms with Crippen LogP contribution in [0.15, 0.2) is 53.7 Å². The standard InChI is InChI=1S/C17H15ClFN5OS/c18-13-6-3-5-11(8-13)16-22-23-17(24(16)20)26-10-15(25)21-9-12-4-1-2-7-14(12)19/h1-8H,9-10,20H2,(H,21,25). The van der Waals surface area contributed by atoms with Crippen LogP contribution < -0.4 is 11.2 Å². The molecule has 0 aliphatic carbocycles. The van der Waals surface area contributed by atoms with Crippen LogP contribution in [0.25, 0.3) is 11.4 Å². The summed E-state index contributed by atoms with van der Waals surface area (Å²) in [6, 6.07) is 13.4. The zero-order valence-electron chi connectivity index (χ0n) is 13.5. The summed E-state index contributed by atoms with van der Waals surface area (Å²) in [6.45, 7) is 0.120. The quantitative estimate of drug-likeness (QED) is 0.498. The minimum absolute atomic E-state index is 0.0827. The van der Waals surface area contributed by atoms with Gasteiger partial charge in [0.05, 0.1) is 5.75 Å². The lowest BCUT2D eigenvalue weighted by atomic mass is 10.2. The Labute approximate surface area is 158 Å². The lowest BCUT2D eigenvalue weighted by molar-refractivity contribution is -0.118. The van der Waals surface area contributed by atoms with Gasteiger partial charge in [0.2, 0.25) is 11.1 Å². The van der Waals surface area contributed by atoms with Gasteiger partial charge in [0.15, 0.2) is 5.82 Å². The molecule has 0 fully saturated rings. The van der Waals surface area contributed by atoms with Crippen molar-refractivity contribution in [2.75, 3.05) is 11.6 Å². The van der Waals surface area contributed by atoms with E-state index >= 15 is 0 Å². The van der Waals surface area contributed by atoms with E-state index < -0.39 is 0 Å². The molecule has 1 heterocycles. The van der Waals surface area contributed by atoms with Gasteiger partial charge in [0, 0.05) is 22.7 Å². The van der Waals surface area contributed by atoms with Crippen molar-refractivity contribution < 1.29 is 9.18 Å². The van der Waals surface area contributed by atoms with E-state index in [-0.39, 0.29) is 24.0 Å². The molecule has 2 aromatic carbocycles. The molecule has 0 radical (unpaired) electrons. The summed E-state index contributed by atoms with van der Waals surface area (Å²) >= 11 is 7.11. The molecule has 0 saturated carbocycles. The first kappa shape index (κ1) is 18.2. The molecular formula is C17H15ClFN5OS. The van der Waals surface area contributed by atoms with Crippen molar-refractivity contribution in [2.24, 2.45) is 0 Å². The number of rotatable bonds is 6. The van der Waals surface area contributed by atoms with E-state index in [1.54, 1.807) is 36.4 Å². The fourth-order valence-electron chi connectivity index (χ4n) is 2.22. The zero-order valence-corrected chi connectivity index (χ0v) is 15.1. The van der Waals surface area contributed by atoms with Crippen molar-refractivity contribution in [3.05, 3.63) is 64.9 Å². The van der Waals surface area contributed by atoms with Crippen molar-refractivity contribution in [1.82, 2.24) is 20.2 Å². The van der Waals surface area contributed by atoms with E-state index in [0.29, 0.717) is 21.6 Å². The van der Waals surface area contributed by atoms with E-state index in [4.69, 9.17) is 17.4 Å². The Kier molecular flexibility index (Phi) is 5.75. The number of thioether (sulfide) groups is 1. The Morgan fingerprint density at radius 2 is 2.04 bits per heavy atom. The van der Waals surface area contributed by atoms with Crippen molar-refractivity contribution >= 4 is 29.3 Å². The topological polar surface area (TPSA) is 85.8 Å². The van der Waals surface area contributed by atoms with Gasteiger partial charge in [-0.1, -0.05) is 53.7 Å². The number of halogens is 2. The molecule has 0 atom stereocenters. The molecule has 6 nitrogen and oxygen atoms in total. The molecular weight excluding hydrogens is 377 g/mol. The average molecular weight is 392 g/mol. The van der Waals surface area contributed by atoms with Crippen LogP contribution in [0.5, 0.6) is 0 Å². The highest BCUT2D eigenvalue weighted by Gasteiger charge is 2.14. The highest BCUT2D eigenvalue weighted by molar-refractivity contribution is 7.99. The molecule has 0 bridgehead atoms. The Morgan fingerprint density at radius 3 is 2.81 bits per heavy atom. The number of nitrogens with one attached hydrogen (secondary N) is 1. The van der Waals surface area contributed by atoms with Gasteiger partial charge < -0.3 is 11.2 Å². The highest BCUT2D eigenvalue weighted by atomic mass is 35.5. The third-order valence-electron chi connectivity index (χ3n) is 3.51. The lowest BCUT2D eigenvalue weighted by Gasteiger charge is -2.06. The normalized spacial score (nSPS) is 10.7. The van der Waals surface area contributed by atoms with Crippen LogP contribution in [0.1, 0.15) is 5.56 Å². The molecule has 9 heteroatoms. The molecule has 134 valence electrons. The number of hydrogen-bond donors (Lipinski definition) is 2. The first-order valence-corrected chi connectivity index (χ1v) is 9.00. The number of carbonyl (C=O) groups excluding carboxylic acids is 1. The average Bonchev–Trinajstić information content (AvgIpc) is 3.00. The molecule has 0 saturated heterocycles. The molecule has 0 spiro atoms. The third-order valence-corrected chi connectivity index (χ3v) is 4.69. The summed E-state index contributed by atoms with van der Waals surface area (Å²) in [6.07, 6.45) is 0. The van der Waals surface area contributed by atoms with Crippen molar-refractivity contribution in [3.8, 4) is 11.4 Å². The first-order chi connectivity index (χ1) is 12.5. The summed E-state index contributed by atoms with van der Waals surface area (Å²) < 4.78 is 14.8. The number of carbonyl (C=O) groups is 1. The van der Waals surface area contributed by atoms with E-state index in [1.807, 2.05) is 6.07 Å². The first-order valence-electron chi connectivity index (χ1n) is 7.64. The maximum absolute atomic E-state index is 13.5. The summed E-state index contributed by atoms with van der Waals surface area (Å²) in [5.74, 6) is 5.92. The largest absolute Gasteiger partial charge is 0.351 e. The Hall–Kier alpha value is -2.58. The molecule has 26 heavy (non-hydrogen) atoms. The molecule has 3 rings (SSSR count). The van der Waals surface area contributed by atoms with Crippen LogP contribution in [0.2, 0.25) is 5.02 Å². The van der Waals surface area contributed by atoms with E-state index in [0.717, 1.165) is 17.3 Å². The van der Waals surface area contributed by atoms with Crippen LogP contribution in [0.4, 0.5) is 4.39 Å². The van der Waals surface area contributed by atoms with Crippen molar-refractivity contribution in [1.29, 1.82) is 0 Å². The van der Waals surface area contributed by atoms with Gasteiger partial charge in [-0.25, -0.2) is 9.07 Å². The monoisotopic (exact) mass is 391 g/mol. The second-order valence-electron chi connectivity index (χ2n) is 5.34. The van der Waals surface area contributed by atoms with E-state index in [2.05, 4.69) is 15.5 Å². The Bertz CT molecular complexity index is 933. The lowest BCUT2D eigenvalue weighted by Crippen LogP contribution is -2.25. The van der Waals surface area contributed by atoms with Gasteiger partial charge in [-0.05, 0) is 18.2 Å². The van der Waals surface area contributed by atoms with Crippen LogP contribution in [0, 0.1) is 5.82 Å². The fourth-order valence-corrected chi connectivity index (χ4v) is 3.09. The second kappa shape index (κ2) is 8.20. The number of nitrogens with two attached hydrogens (primary N) is 1. The number of hydrogen-bond acceptors (Lipinski definition) is 5. The van der Waals surface area contributed by atoms with Gasteiger partial charge in [0.1, 0.15) is 5.82 Å². The van der Waals surface area contributed by atoms with Crippen LogP contribution >= 0.6 is 23.4 Å². The van der Waals surface area contributed by atoms with Gasteiger partial charge >= 0.3 is 0 Å². The van der Waals surface area contributed by atoms with Gasteiger partial charge in [-0.15, -0.1) is 10.2 Å². The molecule has 0 aliphatic heterocycles.